The molecule has 0 saturated heterocycles. The van der Waals surface area contributed by atoms with Crippen LogP contribution in [0.15, 0.2) is 21.5 Å². The van der Waals surface area contributed by atoms with Crippen LogP contribution in [0.1, 0.15) is 13.8 Å². The van der Waals surface area contributed by atoms with Crippen LogP contribution >= 0.6 is 0 Å². The molecule has 9 heavy (non-hydrogen) atoms. The number of halogens is 2. The minimum absolute atomic E-state index is 0. The summed E-state index contributed by atoms with van der Waals surface area (Å²) in [4.78, 5) is 0. The second-order valence-electron chi connectivity index (χ2n) is 1.32. The van der Waals surface area contributed by atoms with Crippen LogP contribution in [-0.4, -0.2) is 0 Å². The molecular weight excluding hydrogens is 234 g/mol. The van der Waals surface area contributed by atoms with Gasteiger partial charge in [-0.05, 0) is 0 Å². The van der Waals surface area contributed by atoms with E-state index in [1.54, 1.807) is 28.0 Å². The second-order valence-corrected chi connectivity index (χ2v) is 2.90. The first-order valence-electron chi connectivity index (χ1n) is 1.97. The van der Waals surface area contributed by atoms with Crippen molar-refractivity contribution in [2.75, 3.05) is 0 Å². The van der Waals surface area contributed by atoms with Gasteiger partial charge >= 0.3 is 52.6 Å². The van der Waals surface area contributed by atoms with Crippen LogP contribution in [0.2, 0.25) is 0 Å². The van der Waals surface area contributed by atoms with Gasteiger partial charge in [-0.2, -0.15) is 0 Å². The molecule has 1 aliphatic rings. The third-order valence-electron chi connectivity index (χ3n) is 0.771. The van der Waals surface area contributed by atoms with Gasteiger partial charge in [0.15, 0.2) is 0 Å². The summed E-state index contributed by atoms with van der Waals surface area (Å²) < 4.78 is 1.56. The molecule has 1 aliphatic carbocycles. The maximum absolute atomic E-state index is 2.18. The second kappa shape index (κ2) is 8.94. The van der Waals surface area contributed by atoms with Crippen LogP contribution in [0.4, 0.5) is 0 Å². The summed E-state index contributed by atoms with van der Waals surface area (Å²) in [7, 11) is 0. The van der Waals surface area contributed by atoms with E-state index in [1.807, 2.05) is 0 Å². The maximum atomic E-state index is 2.18. The fourth-order valence-corrected chi connectivity index (χ4v) is 0.973. The van der Waals surface area contributed by atoms with Crippen LogP contribution in [-0.2, 0) is 24.7 Å². The first-order chi connectivity index (χ1) is 2.89. The van der Waals surface area contributed by atoms with Gasteiger partial charge in [0.2, 0.25) is 0 Å². The molecule has 0 aromatic heterocycles. The predicted molar refractivity (Wildman–Crippen MR) is 28.6 cm³/mol. The summed E-state index contributed by atoms with van der Waals surface area (Å²) in [6.45, 7) is 0. The van der Waals surface area contributed by atoms with Gasteiger partial charge in [0, 0.05) is 0 Å². The molecule has 0 aliphatic heterocycles. The number of rotatable bonds is 0. The molecule has 0 spiro atoms. The summed E-state index contributed by atoms with van der Waals surface area (Å²) in [5.41, 5.74) is 0. The average Bonchev–Trinajstić information content (AvgIpc) is 1.86. The van der Waals surface area contributed by atoms with Crippen LogP contribution < -0.4 is 24.8 Å². The Kier molecular flexibility index (Phi) is 16.4. The van der Waals surface area contributed by atoms with Crippen molar-refractivity contribution < 1.29 is 49.5 Å². The molecule has 0 aromatic carbocycles. The summed E-state index contributed by atoms with van der Waals surface area (Å²) in [5.74, 6) is 0. The zero-order valence-corrected chi connectivity index (χ0v) is 8.16. The summed E-state index contributed by atoms with van der Waals surface area (Å²) in [6, 6.07) is 0. The Labute approximate surface area is 84.5 Å². The summed E-state index contributed by atoms with van der Waals surface area (Å²) >= 11 is 1.56. The molecular formula is C6H9Cl2Zr. The number of hydrogen-bond donors (Lipinski definition) is 0. The molecule has 0 atom stereocenters. The van der Waals surface area contributed by atoms with Gasteiger partial charge in [-0.3, -0.25) is 0 Å². The van der Waals surface area contributed by atoms with Crippen LogP contribution in [0.5, 0.6) is 0 Å². The molecule has 3 heteroatoms. The van der Waals surface area contributed by atoms with Gasteiger partial charge in [0.1, 0.15) is 0 Å². The molecule has 0 bridgehead atoms. The van der Waals surface area contributed by atoms with Crippen molar-refractivity contribution in [1.82, 2.24) is 0 Å². The molecule has 0 amide bonds. The molecule has 1 rings (SSSR count). The Balaban J connectivity index is -0.000000120. The van der Waals surface area contributed by atoms with Gasteiger partial charge in [-0.25, -0.2) is 0 Å². The van der Waals surface area contributed by atoms with Crippen molar-refractivity contribution in [2.24, 2.45) is 0 Å². The van der Waals surface area contributed by atoms with E-state index < -0.39 is 0 Å². The number of hydrogen-bond acceptors (Lipinski definition) is 0. The molecule has 0 heterocycles. The Morgan fingerprint density at radius 2 is 1.89 bits per heavy atom. The van der Waals surface area contributed by atoms with Crippen molar-refractivity contribution in [1.29, 1.82) is 0 Å². The number of allylic oxidation sites excluding steroid dienone is 4. The van der Waals surface area contributed by atoms with E-state index in [9.17, 15) is 0 Å². The summed E-state index contributed by atoms with van der Waals surface area (Å²) in [5, 5.41) is 0. The van der Waals surface area contributed by atoms with Crippen LogP contribution in [0.25, 0.3) is 0 Å². The van der Waals surface area contributed by atoms with E-state index in [2.05, 4.69) is 18.2 Å². The zero-order chi connectivity index (χ0) is 4.41. The van der Waals surface area contributed by atoms with Crippen LogP contribution in [0.3, 0.4) is 0 Å². The zero-order valence-electron chi connectivity index (χ0n) is 4.20. The van der Waals surface area contributed by atoms with E-state index in [1.165, 1.54) is 6.42 Å². The molecule has 0 saturated carbocycles. The van der Waals surface area contributed by atoms with Gasteiger partial charge in [-0.15, -0.1) is 0 Å². The van der Waals surface area contributed by atoms with E-state index >= 15 is 0 Å². The van der Waals surface area contributed by atoms with Crippen molar-refractivity contribution in [2.45, 2.75) is 13.8 Å². The topological polar surface area (TPSA) is 0 Å². The van der Waals surface area contributed by atoms with Crippen molar-refractivity contribution >= 4 is 0 Å². The molecule has 0 N–H and O–H groups in total. The van der Waals surface area contributed by atoms with Crippen molar-refractivity contribution in [3.05, 3.63) is 21.5 Å². The third kappa shape index (κ3) is 6.83. The van der Waals surface area contributed by atoms with Gasteiger partial charge in [-0.1, -0.05) is 7.43 Å². The molecule has 51 valence electrons. The molecule has 0 radical (unpaired) electrons. The van der Waals surface area contributed by atoms with Crippen LogP contribution in [0, 0.1) is 0 Å². The normalized spacial score (nSPS) is 12.4. The van der Waals surface area contributed by atoms with E-state index in [0.29, 0.717) is 0 Å². The van der Waals surface area contributed by atoms with Gasteiger partial charge in [0.25, 0.3) is 0 Å². The Morgan fingerprint density at radius 3 is 2.00 bits per heavy atom. The monoisotopic (exact) mass is 241 g/mol. The van der Waals surface area contributed by atoms with Gasteiger partial charge < -0.3 is 24.8 Å². The Morgan fingerprint density at radius 1 is 1.33 bits per heavy atom. The SMILES string of the molecule is C.[Cl-].[Cl-].[Zr+2][C]1=CC=CC1. The van der Waals surface area contributed by atoms with Crippen molar-refractivity contribution in [3.8, 4) is 0 Å². The molecule has 0 fully saturated rings. The first-order valence-corrected chi connectivity index (χ1v) is 3.20. The van der Waals surface area contributed by atoms with E-state index in [-0.39, 0.29) is 32.2 Å². The third-order valence-corrected chi connectivity index (χ3v) is 1.68. The fourth-order valence-electron chi connectivity index (χ4n) is 0.447. The summed E-state index contributed by atoms with van der Waals surface area (Å²) in [6.07, 6.45) is 7.69. The Hall–Kier alpha value is 0.943. The average molecular weight is 243 g/mol. The molecule has 0 aromatic rings. The van der Waals surface area contributed by atoms with E-state index in [0.717, 1.165) is 0 Å². The standard InChI is InChI=1S/C5H5.CH4.2ClH.Zr/c1-2-4-5-3-1;;;;/h1-3H,4H2;1H4;2*1H;/q;;;;+2/p-2. The fraction of sp³-hybridized carbons (Fsp3) is 0.333. The first kappa shape index (κ1) is 16.5. The van der Waals surface area contributed by atoms with Crippen molar-refractivity contribution in [3.63, 3.8) is 0 Å². The minimum atomic E-state index is 0. The Bertz CT molecular complexity index is 108. The van der Waals surface area contributed by atoms with Gasteiger partial charge in [0.05, 0.1) is 0 Å². The molecule has 0 nitrogen and oxygen atoms in total. The quantitative estimate of drug-likeness (QED) is 0.407. The predicted octanol–water partition coefficient (Wildman–Crippen LogP) is -3.98. The molecule has 0 unspecified atom stereocenters. The van der Waals surface area contributed by atoms with E-state index in [4.69, 9.17) is 0 Å².